The molecule has 0 radical (unpaired) electrons. The highest BCUT2D eigenvalue weighted by Crippen LogP contribution is 2.16. The van der Waals surface area contributed by atoms with Crippen LogP contribution in [0.2, 0.25) is 0 Å². The van der Waals surface area contributed by atoms with E-state index in [2.05, 4.69) is 25.7 Å². The Morgan fingerprint density at radius 2 is 2.19 bits per heavy atom. The van der Waals surface area contributed by atoms with Crippen molar-refractivity contribution >= 4 is 5.69 Å². The van der Waals surface area contributed by atoms with Crippen molar-refractivity contribution < 1.29 is 5.11 Å². The first kappa shape index (κ1) is 12.8. The fourth-order valence-electron chi connectivity index (χ4n) is 1.63. The van der Waals surface area contributed by atoms with Gasteiger partial charge in [0.15, 0.2) is 0 Å². The molecule has 1 rings (SSSR count). The van der Waals surface area contributed by atoms with Gasteiger partial charge in [0.05, 0.1) is 6.61 Å². The Kier molecular flexibility index (Phi) is 5.06. The molecule has 0 aromatic heterocycles. The molecule has 2 heteroatoms. The van der Waals surface area contributed by atoms with Crippen molar-refractivity contribution in [3.63, 3.8) is 0 Å². The molecular formula is C14H21NO. The summed E-state index contributed by atoms with van der Waals surface area (Å²) in [6.45, 7) is 8.22. The zero-order valence-electron chi connectivity index (χ0n) is 10.1. The number of hydrogen-bond acceptors (Lipinski definition) is 2. The van der Waals surface area contributed by atoms with Crippen molar-refractivity contribution in [2.75, 3.05) is 5.32 Å². The number of nitrogens with one attached hydrogen (secondary N) is 1. The lowest BCUT2D eigenvalue weighted by Gasteiger charge is -2.21. The number of aliphatic hydroxyl groups is 1. The average molecular weight is 219 g/mol. The van der Waals surface area contributed by atoms with Crippen LogP contribution in [0.5, 0.6) is 0 Å². The maximum Gasteiger partial charge on any atom is 0.0682 e. The molecule has 88 valence electrons. The molecule has 0 heterocycles. The van der Waals surface area contributed by atoms with E-state index in [0.717, 1.165) is 17.7 Å². The Balaban J connectivity index is 2.61. The number of allylic oxidation sites excluding steroid dienone is 1. The first-order chi connectivity index (χ1) is 7.67. The van der Waals surface area contributed by atoms with Gasteiger partial charge in [-0.3, -0.25) is 0 Å². The highest BCUT2D eigenvalue weighted by molar-refractivity contribution is 5.46. The molecule has 0 amide bonds. The first-order valence-electron chi connectivity index (χ1n) is 5.74. The van der Waals surface area contributed by atoms with Gasteiger partial charge >= 0.3 is 0 Å². The third kappa shape index (κ3) is 3.70. The molecule has 16 heavy (non-hydrogen) atoms. The van der Waals surface area contributed by atoms with Crippen molar-refractivity contribution in [3.8, 4) is 0 Å². The van der Waals surface area contributed by atoms with Gasteiger partial charge in [0.25, 0.3) is 0 Å². The summed E-state index contributed by atoms with van der Waals surface area (Å²) in [6.07, 6.45) is 2.96. The SMILES string of the molecule is C=CCC(C)C(C)Nc1cccc(CO)c1. The quantitative estimate of drug-likeness (QED) is 0.720. The smallest absolute Gasteiger partial charge is 0.0682 e. The molecule has 1 aromatic rings. The van der Waals surface area contributed by atoms with Crippen molar-refractivity contribution in [2.45, 2.75) is 32.9 Å². The third-order valence-corrected chi connectivity index (χ3v) is 2.90. The zero-order chi connectivity index (χ0) is 12.0. The second-order valence-corrected chi connectivity index (χ2v) is 4.29. The number of rotatable bonds is 6. The van der Waals surface area contributed by atoms with E-state index in [0.29, 0.717) is 12.0 Å². The fraction of sp³-hybridized carbons (Fsp3) is 0.429. The van der Waals surface area contributed by atoms with E-state index in [-0.39, 0.29) is 6.61 Å². The van der Waals surface area contributed by atoms with Gasteiger partial charge in [-0.25, -0.2) is 0 Å². The lowest BCUT2D eigenvalue weighted by atomic mass is 9.99. The molecule has 0 saturated heterocycles. The van der Waals surface area contributed by atoms with Crippen molar-refractivity contribution in [3.05, 3.63) is 42.5 Å². The van der Waals surface area contributed by atoms with E-state index in [9.17, 15) is 0 Å². The summed E-state index contributed by atoms with van der Waals surface area (Å²) in [7, 11) is 0. The van der Waals surface area contributed by atoms with Crippen LogP contribution in [0.25, 0.3) is 0 Å². The topological polar surface area (TPSA) is 32.3 Å². The van der Waals surface area contributed by atoms with Gasteiger partial charge in [-0.15, -0.1) is 6.58 Å². The van der Waals surface area contributed by atoms with Crippen LogP contribution in [-0.2, 0) is 6.61 Å². The predicted octanol–water partition coefficient (Wildman–Crippen LogP) is 3.19. The van der Waals surface area contributed by atoms with Crippen LogP contribution in [0, 0.1) is 5.92 Å². The maximum absolute atomic E-state index is 9.05. The first-order valence-corrected chi connectivity index (χ1v) is 5.74. The van der Waals surface area contributed by atoms with E-state index in [1.807, 2.05) is 30.3 Å². The summed E-state index contributed by atoms with van der Waals surface area (Å²) in [5.41, 5.74) is 2.00. The Bertz CT molecular complexity index is 335. The van der Waals surface area contributed by atoms with Crippen molar-refractivity contribution in [1.82, 2.24) is 0 Å². The molecule has 1 aromatic carbocycles. The molecule has 0 bridgehead atoms. The summed E-state index contributed by atoms with van der Waals surface area (Å²) in [5.74, 6) is 0.551. The molecule has 0 aliphatic heterocycles. The normalized spacial score (nSPS) is 14.2. The lowest BCUT2D eigenvalue weighted by molar-refractivity contribution is 0.282. The molecular weight excluding hydrogens is 198 g/mol. The molecule has 0 aliphatic carbocycles. The summed E-state index contributed by atoms with van der Waals surface area (Å²) in [4.78, 5) is 0. The van der Waals surface area contributed by atoms with Gasteiger partial charge < -0.3 is 10.4 Å². The number of aliphatic hydroxyl groups excluding tert-OH is 1. The molecule has 0 fully saturated rings. The van der Waals surface area contributed by atoms with Crippen LogP contribution in [0.15, 0.2) is 36.9 Å². The number of hydrogen-bond donors (Lipinski definition) is 2. The summed E-state index contributed by atoms with van der Waals surface area (Å²) in [5, 5.41) is 12.5. The van der Waals surface area contributed by atoms with Gasteiger partial charge in [0, 0.05) is 11.7 Å². The van der Waals surface area contributed by atoms with Gasteiger partial charge in [0.2, 0.25) is 0 Å². The van der Waals surface area contributed by atoms with Crippen LogP contribution < -0.4 is 5.32 Å². The van der Waals surface area contributed by atoms with Crippen LogP contribution in [0.3, 0.4) is 0 Å². The zero-order valence-corrected chi connectivity index (χ0v) is 10.1. The molecule has 2 N–H and O–H groups in total. The number of benzene rings is 1. The van der Waals surface area contributed by atoms with Crippen molar-refractivity contribution in [2.24, 2.45) is 5.92 Å². The van der Waals surface area contributed by atoms with E-state index >= 15 is 0 Å². The van der Waals surface area contributed by atoms with E-state index in [4.69, 9.17) is 5.11 Å². The lowest BCUT2D eigenvalue weighted by Crippen LogP contribution is -2.23. The van der Waals surface area contributed by atoms with Crippen molar-refractivity contribution in [1.29, 1.82) is 0 Å². The van der Waals surface area contributed by atoms with E-state index in [1.54, 1.807) is 0 Å². The average Bonchev–Trinajstić information content (AvgIpc) is 2.29. The predicted molar refractivity (Wildman–Crippen MR) is 69.4 cm³/mol. The second-order valence-electron chi connectivity index (χ2n) is 4.29. The number of anilines is 1. The van der Waals surface area contributed by atoms with Gasteiger partial charge in [-0.05, 0) is 37.0 Å². The van der Waals surface area contributed by atoms with Gasteiger partial charge in [-0.1, -0.05) is 25.1 Å². The molecule has 2 nitrogen and oxygen atoms in total. The molecule has 0 aliphatic rings. The van der Waals surface area contributed by atoms with Crippen LogP contribution in [-0.4, -0.2) is 11.1 Å². The Morgan fingerprint density at radius 3 is 2.81 bits per heavy atom. The van der Waals surface area contributed by atoms with Gasteiger partial charge in [0.1, 0.15) is 0 Å². The monoisotopic (exact) mass is 219 g/mol. The van der Waals surface area contributed by atoms with Crippen LogP contribution >= 0.6 is 0 Å². The molecule has 0 spiro atoms. The largest absolute Gasteiger partial charge is 0.392 e. The summed E-state index contributed by atoms with van der Waals surface area (Å²) < 4.78 is 0. The van der Waals surface area contributed by atoms with Gasteiger partial charge in [-0.2, -0.15) is 0 Å². The minimum Gasteiger partial charge on any atom is -0.392 e. The minimum atomic E-state index is 0.0894. The molecule has 2 atom stereocenters. The Labute approximate surface area is 98.0 Å². The minimum absolute atomic E-state index is 0.0894. The Morgan fingerprint density at radius 1 is 1.44 bits per heavy atom. The Hall–Kier alpha value is -1.28. The highest BCUT2D eigenvalue weighted by Gasteiger charge is 2.10. The van der Waals surface area contributed by atoms with Crippen LogP contribution in [0.1, 0.15) is 25.8 Å². The molecule has 0 saturated carbocycles. The summed E-state index contributed by atoms with van der Waals surface area (Å²) >= 11 is 0. The van der Waals surface area contributed by atoms with E-state index < -0.39 is 0 Å². The summed E-state index contributed by atoms with van der Waals surface area (Å²) in [6, 6.07) is 8.28. The highest BCUT2D eigenvalue weighted by atomic mass is 16.3. The second kappa shape index (κ2) is 6.33. The maximum atomic E-state index is 9.05. The third-order valence-electron chi connectivity index (χ3n) is 2.90. The molecule has 2 unspecified atom stereocenters. The fourth-order valence-corrected chi connectivity index (χ4v) is 1.63. The standard InChI is InChI=1S/C14H21NO/c1-4-6-11(2)12(3)15-14-8-5-7-13(9-14)10-16/h4-5,7-9,11-12,15-16H,1,6,10H2,2-3H3. The van der Waals surface area contributed by atoms with Crippen LogP contribution in [0.4, 0.5) is 5.69 Å². The van der Waals surface area contributed by atoms with E-state index in [1.165, 1.54) is 0 Å².